The van der Waals surface area contributed by atoms with Crippen LogP contribution in [0, 0.1) is 0 Å². The Morgan fingerprint density at radius 1 is 0.853 bits per heavy atom. The van der Waals surface area contributed by atoms with Crippen molar-refractivity contribution >= 4 is 18.1 Å². The van der Waals surface area contributed by atoms with Crippen molar-refractivity contribution in [2.45, 2.75) is 13.8 Å². The van der Waals surface area contributed by atoms with Gasteiger partial charge in [0.2, 0.25) is 0 Å². The van der Waals surface area contributed by atoms with Crippen molar-refractivity contribution in [2.24, 2.45) is 5.10 Å². The van der Waals surface area contributed by atoms with E-state index < -0.39 is 5.97 Å². The zero-order valence-corrected chi connectivity index (χ0v) is 19.2. The van der Waals surface area contributed by atoms with Gasteiger partial charge in [-0.3, -0.25) is 4.79 Å². The van der Waals surface area contributed by atoms with Crippen LogP contribution in [0.1, 0.15) is 40.1 Å². The van der Waals surface area contributed by atoms with Crippen LogP contribution in [0.2, 0.25) is 0 Å². The van der Waals surface area contributed by atoms with E-state index in [0.717, 1.165) is 0 Å². The summed E-state index contributed by atoms with van der Waals surface area (Å²) >= 11 is 0. The molecule has 0 radical (unpaired) electrons. The highest BCUT2D eigenvalue weighted by Crippen LogP contribution is 2.29. The quantitative estimate of drug-likeness (QED) is 0.207. The number of benzene rings is 3. The molecule has 0 heterocycles. The number of carbonyl (C=O) groups excluding carboxylic acids is 2. The molecule has 0 aliphatic carbocycles. The number of hydrogen-bond acceptors (Lipinski definition) is 7. The Morgan fingerprint density at radius 2 is 1.62 bits per heavy atom. The number of hydrogen-bond donors (Lipinski definition) is 1. The molecular formula is C26H26N2O6. The predicted octanol–water partition coefficient (Wildman–Crippen LogP) is 4.48. The molecule has 0 saturated carbocycles. The van der Waals surface area contributed by atoms with Gasteiger partial charge in [0, 0.05) is 5.56 Å². The minimum Gasteiger partial charge on any atom is -0.497 e. The monoisotopic (exact) mass is 462 g/mol. The van der Waals surface area contributed by atoms with E-state index in [9.17, 15) is 9.59 Å². The highest BCUT2D eigenvalue weighted by molar-refractivity contribution is 5.95. The lowest BCUT2D eigenvalue weighted by Crippen LogP contribution is -2.17. The van der Waals surface area contributed by atoms with Gasteiger partial charge in [-0.05, 0) is 80.1 Å². The van der Waals surface area contributed by atoms with E-state index in [1.165, 1.54) is 13.3 Å². The second kappa shape index (κ2) is 12.1. The Hall–Kier alpha value is -4.33. The number of amides is 1. The third-order valence-corrected chi connectivity index (χ3v) is 4.58. The van der Waals surface area contributed by atoms with Crippen LogP contribution in [0.3, 0.4) is 0 Å². The molecule has 1 N–H and O–H groups in total. The Bertz CT molecular complexity index is 1160. The molecule has 0 unspecified atom stereocenters. The van der Waals surface area contributed by atoms with E-state index >= 15 is 0 Å². The Kier molecular flexibility index (Phi) is 8.62. The molecule has 0 aliphatic heterocycles. The van der Waals surface area contributed by atoms with Crippen molar-refractivity contribution in [2.75, 3.05) is 20.3 Å². The van der Waals surface area contributed by atoms with Gasteiger partial charge in [0.15, 0.2) is 11.5 Å². The molecule has 34 heavy (non-hydrogen) atoms. The third-order valence-electron chi connectivity index (χ3n) is 4.58. The number of ether oxygens (including phenoxy) is 4. The summed E-state index contributed by atoms with van der Waals surface area (Å²) in [4.78, 5) is 24.8. The lowest BCUT2D eigenvalue weighted by Gasteiger charge is -2.11. The van der Waals surface area contributed by atoms with Gasteiger partial charge in [-0.25, -0.2) is 10.2 Å². The largest absolute Gasteiger partial charge is 0.497 e. The topological polar surface area (TPSA) is 95.5 Å². The lowest BCUT2D eigenvalue weighted by atomic mass is 10.2. The van der Waals surface area contributed by atoms with Crippen LogP contribution in [0.25, 0.3) is 0 Å². The van der Waals surface area contributed by atoms with Crippen molar-refractivity contribution in [3.05, 3.63) is 83.4 Å². The Morgan fingerprint density at radius 3 is 2.32 bits per heavy atom. The summed E-state index contributed by atoms with van der Waals surface area (Å²) in [5.74, 6) is 1.02. The van der Waals surface area contributed by atoms with Gasteiger partial charge in [-0.15, -0.1) is 0 Å². The van der Waals surface area contributed by atoms with Crippen molar-refractivity contribution in [3.8, 4) is 23.0 Å². The predicted molar refractivity (Wildman–Crippen MR) is 128 cm³/mol. The zero-order valence-electron chi connectivity index (χ0n) is 19.2. The molecule has 0 bridgehead atoms. The summed E-state index contributed by atoms with van der Waals surface area (Å²) < 4.78 is 21.7. The SMILES string of the molecule is CCOc1ccc(C(=O)Oc2ccc(/C=N/NC(=O)c3cccc(OC)c3)cc2OCC)cc1. The average Bonchev–Trinajstić information content (AvgIpc) is 2.86. The average molecular weight is 463 g/mol. The molecule has 0 aromatic heterocycles. The number of rotatable bonds is 10. The number of nitrogens with one attached hydrogen (secondary N) is 1. The second-order valence-electron chi connectivity index (χ2n) is 6.92. The molecule has 8 heteroatoms. The van der Waals surface area contributed by atoms with Crippen LogP contribution in [-0.2, 0) is 0 Å². The van der Waals surface area contributed by atoms with Gasteiger partial charge in [-0.1, -0.05) is 6.07 Å². The van der Waals surface area contributed by atoms with E-state index in [4.69, 9.17) is 18.9 Å². The first-order valence-corrected chi connectivity index (χ1v) is 10.7. The zero-order chi connectivity index (χ0) is 24.3. The van der Waals surface area contributed by atoms with Gasteiger partial charge in [0.25, 0.3) is 5.91 Å². The summed E-state index contributed by atoms with van der Waals surface area (Å²) in [6.45, 7) is 4.64. The first-order chi connectivity index (χ1) is 16.5. The maximum Gasteiger partial charge on any atom is 0.343 e. The summed E-state index contributed by atoms with van der Waals surface area (Å²) in [6.07, 6.45) is 1.47. The van der Waals surface area contributed by atoms with Gasteiger partial charge in [-0.2, -0.15) is 5.10 Å². The molecule has 3 aromatic carbocycles. The standard InChI is InChI=1S/C26H26N2O6/c1-4-32-21-12-10-19(11-13-21)26(30)34-23-14-9-18(15-24(23)33-5-2)17-27-28-25(29)20-7-6-8-22(16-20)31-3/h6-17H,4-5H2,1-3H3,(H,28,29)/b27-17+. The maximum absolute atomic E-state index is 12.6. The van der Waals surface area contributed by atoms with Crippen molar-refractivity contribution in [1.29, 1.82) is 0 Å². The molecule has 176 valence electrons. The number of esters is 1. The minimum atomic E-state index is -0.518. The molecule has 0 spiro atoms. The molecule has 0 saturated heterocycles. The van der Waals surface area contributed by atoms with Crippen molar-refractivity contribution < 1.29 is 28.5 Å². The van der Waals surface area contributed by atoms with E-state index in [0.29, 0.717) is 47.2 Å². The van der Waals surface area contributed by atoms with Crippen LogP contribution in [0.5, 0.6) is 23.0 Å². The fourth-order valence-corrected chi connectivity index (χ4v) is 2.96. The van der Waals surface area contributed by atoms with Crippen LogP contribution in [-0.4, -0.2) is 38.4 Å². The third kappa shape index (κ3) is 6.59. The highest BCUT2D eigenvalue weighted by Gasteiger charge is 2.13. The Balaban J connectivity index is 1.68. The van der Waals surface area contributed by atoms with Gasteiger partial charge < -0.3 is 18.9 Å². The number of hydrazone groups is 1. The summed E-state index contributed by atoms with van der Waals surface area (Å²) in [6, 6.07) is 18.4. The van der Waals surface area contributed by atoms with Crippen LogP contribution < -0.4 is 24.4 Å². The van der Waals surface area contributed by atoms with Gasteiger partial charge in [0.1, 0.15) is 11.5 Å². The minimum absolute atomic E-state index is 0.276. The fourth-order valence-electron chi connectivity index (χ4n) is 2.96. The maximum atomic E-state index is 12.6. The summed E-state index contributed by atoms with van der Waals surface area (Å²) in [5.41, 5.74) is 3.92. The van der Waals surface area contributed by atoms with E-state index in [1.807, 2.05) is 13.8 Å². The molecule has 3 aromatic rings. The van der Waals surface area contributed by atoms with Crippen molar-refractivity contribution in [3.63, 3.8) is 0 Å². The van der Waals surface area contributed by atoms with E-state index in [-0.39, 0.29) is 11.7 Å². The summed E-state index contributed by atoms with van der Waals surface area (Å²) in [7, 11) is 1.53. The molecular weight excluding hydrogens is 436 g/mol. The van der Waals surface area contributed by atoms with Crippen LogP contribution in [0.4, 0.5) is 0 Å². The molecule has 1 amide bonds. The summed E-state index contributed by atoms with van der Waals surface area (Å²) in [5, 5.41) is 4.00. The van der Waals surface area contributed by atoms with Gasteiger partial charge in [0.05, 0.1) is 32.1 Å². The van der Waals surface area contributed by atoms with Gasteiger partial charge >= 0.3 is 5.97 Å². The first kappa shape index (κ1) is 24.3. The Labute approximate surface area is 198 Å². The molecule has 3 rings (SSSR count). The lowest BCUT2D eigenvalue weighted by molar-refractivity contribution is 0.0728. The number of carbonyl (C=O) groups is 2. The molecule has 0 aliphatic rings. The first-order valence-electron chi connectivity index (χ1n) is 10.7. The van der Waals surface area contributed by atoms with Crippen molar-refractivity contribution in [1.82, 2.24) is 5.43 Å². The van der Waals surface area contributed by atoms with E-state index in [1.54, 1.807) is 66.7 Å². The smallest absolute Gasteiger partial charge is 0.343 e. The van der Waals surface area contributed by atoms with E-state index in [2.05, 4.69) is 10.5 Å². The highest BCUT2D eigenvalue weighted by atomic mass is 16.6. The van der Waals surface area contributed by atoms with Crippen LogP contribution >= 0.6 is 0 Å². The molecule has 0 fully saturated rings. The molecule has 8 nitrogen and oxygen atoms in total. The van der Waals surface area contributed by atoms with Crippen LogP contribution in [0.15, 0.2) is 71.8 Å². The molecule has 0 atom stereocenters. The fraction of sp³-hybridized carbons (Fsp3) is 0.192. The second-order valence-corrected chi connectivity index (χ2v) is 6.92. The number of methoxy groups -OCH3 is 1. The number of nitrogens with zero attached hydrogens (tertiary/aromatic N) is 1. The normalized spacial score (nSPS) is 10.6.